The highest BCUT2D eigenvalue weighted by Gasteiger charge is 2.26. The van der Waals surface area contributed by atoms with Crippen LogP contribution in [0, 0.1) is 6.92 Å². The van der Waals surface area contributed by atoms with Crippen LogP contribution < -0.4 is 0 Å². The van der Waals surface area contributed by atoms with Gasteiger partial charge in [0.25, 0.3) is 5.89 Å². The Morgan fingerprint density at radius 2 is 1.70 bits per heavy atom. The molecule has 0 N–H and O–H groups in total. The number of rotatable bonds is 4. The monoisotopic (exact) mass is 383 g/mol. The SMILES string of the molecule is Cc1ccc(-c2noc(-c3cccc(S(=O)(=O)N4CCCCC4)c3)n2)cc1. The molecule has 0 spiro atoms. The van der Waals surface area contributed by atoms with E-state index in [1.807, 2.05) is 31.2 Å². The van der Waals surface area contributed by atoms with Crippen LogP contribution in [-0.2, 0) is 10.0 Å². The van der Waals surface area contributed by atoms with E-state index < -0.39 is 10.0 Å². The lowest BCUT2D eigenvalue weighted by atomic mass is 10.1. The van der Waals surface area contributed by atoms with Gasteiger partial charge >= 0.3 is 0 Å². The smallest absolute Gasteiger partial charge is 0.258 e. The zero-order valence-corrected chi connectivity index (χ0v) is 15.9. The van der Waals surface area contributed by atoms with Gasteiger partial charge in [0.2, 0.25) is 15.8 Å². The standard InChI is InChI=1S/C20H21N3O3S/c1-15-8-10-16(11-9-15)19-21-20(26-22-19)17-6-5-7-18(14-17)27(24,25)23-12-3-2-4-13-23/h5-11,14H,2-4,12-13H2,1H3. The molecule has 140 valence electrons. The summed E-state index contributed by atoms with van der Waals surface area (Å²) in [6.07, 6.45) is 2.89. The second-order valence-corrected chi connectivity index (χ2v) is 8.72. The average Bonchev–Trinajstić information content (AvgIpc) is 3.20. The summed E-state index contributed by atoms with van der Waals surface area (Å²) in [5.41, 5.74) is 2.60. The van der Waals surface area contributed by atoms with Crippen molar-refractivity contribution in [2.75, 3.05) is 13.1 Å². The molecule has 0 saturated carbocycles. The van der Waals surface area contributed by atoms with Gasteiger partial charge in [-0.25, -0.2) is 8.42 Å². The number of nitrogens with zero attached hydrogens (tertiary/aromatic N) is 3. The van der Waals surface area contributed by atoms with E-state index in [0.29, 0.717) is 30.4 Å². The van der Waals surface area contributed by atoms with Crippen LogP contribution in [0.2, 0.25) is 0 Å². The summed E-state index contributed by atoms with van der Waals surface area (Å²) in [6, 6.07) is 14.5. The van der Waals surface area contributed by atoms with Gasteiger partial charge in [-0.3, -0.25) is 0 Å². The van der Waals surface area contributed by atoms with Crippen molar-refractivity contribution in [2.45, 2.75) is 31.1 Å². The fourth-order valence-corrected chi connectivity index (χ4v) is 4.77. The molecule has 2 heterocycles. The number of aromatic nitrogens is 2. The van der Waals surface area contributed by atoms with Gasteiger partial charge in [-0.2, -0.15) is 9.29 Å². The molecule has 0 atom stereocenters. The molecule has 4 rings (SSSR count). The van der Waals surface area contributed by atoms with Crippen molar-refractivity contribution in [1.82, 2.24) is 14.4 Å². The van der Waals surface area contributed by atoms with Gasteiger partial charge in [-0.1, -0.05) is 47.5 Å². The van der Waals surface area contributed by atoms with Crippen LogP contribution in [0.15, 0.2) is 57.9 Å². The number of aryl methyl sites for hydroxylation is 1. The van der Waals surface area contributed by atoms with Crippen molar-refractivity contribution < 1.29 is 12.9 Å². The van der Waals surface area contributed by atoms with Crippen LogP contribution in [0.3, 0.4) is 0 Å². The van der Waals surface area contributed by atoms with Crippen molar-refractivity contribution >= 4 is 10.0 Å². The van der Waals surface area contributed by atoms with Crippen LogP contribution in [0.5, 0.6) is 0 Å². The van der Waals surface area contributed by atoms with Gasteiger partial charge in [-0.15, -0.1) is 0 Å². The average molecular weight is 383 g/mol. The molecule has 1 aromatic heterocycles. The molecule has 1 aliphatic rings. The Hall–Kier alpha value is -2.51. The first kappa shape index (κ1) is 17.9. The van der Waals surface area contributed by atoms with E-state index in [9.17, 15) is 8.42 Å². The lowest BCUT2D eigenvalue weighted by Gasteiger charge is -2.25. The molecule has 0 unspecified atom stereocenters. The second kappa shape index (κ2) is 7.25. The van der Waals surface area contributed by atoms with Gasteiger partial charge < -0.3 is 4.52 Å². The minimum atomic E-state index is -3.50. The molecular formula is C20H21N3O3S. The summed E-state index contributed by atoms with van der Waals surface area (Å²) in [7, 11) is -3.50. The first-order valence-corrected chi connectivity index (χ1v) is 10.5. The topological polar surface area (TPSA) is 76.3 Å². The Kier molecular flexibility index (Phi) is 4.80. The van der Waals surface area contributed by atoms with Gasteiger partial charge in [0.05, 0.1) is 4.90 Å². The van der Waals surface area contributed by atoms with Crippen LogP contribution >= 0.6 is 0 Å². The Morgan fingerprint density at radius 3 is 2.44 bits per heavy atom. The highest BCUT2D eigenvalue weighted by Crippen LogP contribution is 2.27. The second-order valence-electron chi connectivity index (χ2n) is 6.78. The summed E-state index contributed by atoms with van der Waals surface area (Å²) in [6.45, 7) is 3.16. The Balaban J connectivity index is 1.64. The molecule has 27 heavy (non-hydrogen) atoms. The van der Waals surface area contributed by atoms with E-state index in [-0.39, 0.29) is 4.90 Å². The van der Waals surface area contributed by atoms with Gasteiger partial charge in [0.1, 0.15) is 0 Å². The third-order valence-electron chi connectivity index (χ3n) is 4.77. The van der Waals surface area contributed by atoms with Crippen molar-refractivity contribution in [3.05, 3.63) is 54.1 Å². The number of benzene rings is 2. The first-order chi connectivity index (χ1) is 13.0. The fourth-order valence-electron chi connectivity index (χ4n) is 3.20. The largest absolute Gasteiger partial charge is 0.334 e. The maximum Gasteiger partial charge on any atom is 0.258 e. The third kappa shape index (κ3) is 3.65. The van der Waals surface area contributed by atoms with Crippen molar-refractivity contribution in [3.8, 4) is 22.8 Å². The lowest BCUT2D eigenvalue weighted by Crippen LogP contribution is -2.35. The molecule has 0 amide bonds. The number of piperidine rings is 1. The quantitative estimate of drug-likeness (QED) is 0.683. The molecular weight excluding hydrogens is 362 g/mol. The molecule has 1 saturated heterocycles. The molecule has 6 nitrogen and oxygen atoms in total. The predicted molar refractivity (Wildman–Crippen MR) is 103 cm³/mol. The van der Waals surface area contributed by atoms with E-state index in [0.717, 1.165) is 30.4 Å². The Morgan fingerprint density at radius 1 is 0.963 bits per heavy atom. The van der Waals surface area contributed by atoms with Crippen LogP contribution in [-0.4, -0.2) is 36.0 Å². The summed E-state index contributed by atoms with van der Waals surface area (Å²) >= 11 is 0. The van der Waals surface area contributed by atoms with Gasteiger partial charge in [-0.05, 0) is 38.0 Å². The molecule has 2 aromatic carbocycles. The van der Waals surface area contributed by atoms with Crippen LogP contribution in [0.4, 0.5) is 0 Å². The molecule has 7 heteroatoms. The minimum Gasteiger partial charge on any atom is -0.334 e. The van der Waals surface area contributed by atoms with E-state index in [1.165, 1.54) is 0 Å². The van der Waals surface area contributed by atoms with Gasteiger partial charge in [0.15, 0.2) is 0 Å². The van der Waals surface area contributed by atoms with Crippen LogP contribution in [0.25, 0.3) is 22.8 Å². The summed E-state index contributed by atoms with van der Waals surface area (Å²) in [5, 5.41) is 4.03. The zero-order chi connectivity index (χ0) is 18.9. The van der Waals surface area contributed by atoms with Crippen molar-refractivity contribution in [2.24, 2.45) is 0 Å². The Bertz CT molecular complexity index is 1040. The fraction of sp³-hybridized carbons (Fsp3) is 0.300. The zero-order valence-electron chi connectivity index (χ0n) is 15.1. The normalized spacial score (nSPS) is 15.7. The number of sulfonamides is 1. The van der Waals surface area contributed by atoms with E-state index in [4.69, 9.17) is 4.52 Å². The number of hydrogen-bond acceptors (Lipinski definition) is 5. The predicted octanol–water partition coefficient (Wildman–Crippen LogP) is 3.89. The third-order valence-corrected chi connectivity index (χ3v) is 6.66. The Labute approximate surface area is 158 Å². The summed E-state index contributed by atoms with van der Waals surface area (Å²) in [5.74, 6) is 0.788. The van der Waals surface area contributed by atoms with Gasteiger partial charge in [0, 0.05) is 24.2 Å². The highest BCUT2D eigenvalue weighted by molar-refractivity contribution is 7.89. The van der Waals surface area contributed by atoms with E-state index in [2.05, 4.69) is 10.1 Å². The summed E-state index contributed by atoms with van der Waals surface area (Å²) in [4.78, 5) is 4.69. The number of hydrogen-bond donors (Lipinski definition) is 0. The molecule has 0 radical (unpaired) electrons. The maximum absolute atomic E-state index is 12.9. The van der Waals surface area contributed by atoms with Crippen molar-refractivity contribution in [1.29, 1.82) is 0 Å². The molecule has 1 fully saturated rings. The molecule has 0 bridgehead atoms. The van der Waals surface area contributed by atoms with E-state index in [1.54, 1.807) is 28.6 Å². The van der Waals surface area contributed by atoms with Crippen molar-refractivity contribution in [3.63, 3.8) is 0 Å². The maximum atomic E-state index is 12.9. The molecule has 1 aliphatic heterocycles. The lowest BCUT2D eigenvalue weighted by molar-refractivity contribution is 0.346. The molecule has 0 aliphatic carbocycles. The van der Waals surface area contributed by atoms with Crippen LogP contribution in [0.1, 0.15) is 24.8 Å². The van der Waals surface area contributed by atoms with E-state index >= 15 is 0 Å². The highest BCUT2D eigenvalue weighted by atomic mass is 32.2. The molecule has 3 aromatic rings. The minimum absolute atomic E-state index is 0.261. The summed E-state index contributed by atoms with van der Waals surface area (Å²) < 4.78 is 32.7. The first-order valence-electron chi connectivity index (χ1n) is 9.05.